The highest BCUT2D eigenvalue weighted by Gasteiger charge is 2.19. The second-order valence-corrected chi connectivity index (χ2v) is 9.25. The summed E-state index contributed by atoms with van der Waals surface area (Å²) in [6, 6.07) is 6.36. The molecule has 1 amide bonds. The summed E-state index contributed by atoms with van der Waals surface area (Å²) < 4.78 is 7.57. The molecule has 158 valence electrons. The molecular formula is C23H28N4O2S. The van der Waals surface area contributed by atoms with Crippen LogP contribution in [0.4, 0.5) is 5.69 Å². The lowest BCUT2D eigenvalue weighted by Gasteiger charge is -2.19. The van der Waals surface area contributed by atoms with E-state index in [0.717, 1.165) is 34.6 Å². The fourth-order valence-electron chi connectivity index (χ4n) is 4.49. The van der Waals surface area contributed by atoms with Gasteiger partial charge >= 0.3 is 0 Å². The van der Waals surface area contributed by atoms with Gasteiger partial charge in [-0.05, 0) is 56.7 Å². The van der Waals surface area contributed by atoms with Crippen LogP contribution in [0.2, 0.25) is 0 Å². The Morgan fingerprint density at radius 1 is 1.07 bits per heavy atom. The minimum Gasteiger partial charge on any atom is -0.482 e. The summed E-state index contributed by atoms with van der Waals surface area (Å²) in [6.07, 6.45) is 12.1. The number of fused-ring (bicyclic) bond motifs is 1. The number of nitrogens with zero attached hydrogens (tertiary/aromatic N) is 3. The fraction of sp³-hybridized carbons (Fsp3) is 0.522. The van der Waals surface area contributed by atoms with Gasteiger partial charge in [-0.2, -0.15) is 5.10 Å². The van der Waals surface area contributed by atoms with E-state index < -0.39 is 0 Å². The normalized spacial score (nSPS) is 20.5. The van der Waals surface area contributed by atoms with Crippen molar-refractivity contribution >= 4 is 28.6 Å². The first-order valence-corrected chi connectivity index (χ1v) is 12.0. The first-order valence-electron chi connectivity index (χ1n) is 11.1. The average molecular weight is 425 g/mol. The molecule has 1 N–H and O–H groups in total. The van der Waals surface area contributed by atoms with E-state index in [1.54, 1.807) is 11.3 Å². The van der Waals surface area contributed by atoms with Gasteiger partial charge in [0.25, 0.3) is 5.91 Å². The lowest BCUT2D eigenvalue weighted by atomic mass is 9.96. The van der Waals surface area contributed by atoms with Crippen LogP contribution >= 0.6 is 11.3 Å². The number of nitrogens with one attached hydrogen (secondary N) is 1. The molecule has 2 heterocycles. The summed E-state index contributed by atoms with van der Waals surface area (Å²) in [6.45, 7) is 0.0723. The number of carbonyl (C=O) groups excluding carboxylic acids is 1. The van der Waals surface area contributed by atoms with Crippen LogP contribution in [0.15, 0.2) is 33.7 Å². The first kappa shape index (κ1) is 19.5. The number of thiazole rings is 1. The van der Waals surface area contributed by atoms with Crippen molar-refractivity contribution in [2.45, 2.75) is 70.3 Å². The van der Waals surface area contributed by atoms with E-state index in [4.69, 9.17) is 14.8 Å². The van der Waals surface area contributed by atoms with Crippen molar-refractivity contribution in [2.75, 3.05) is 11.9 Å². The average Bonchev–Trinajstić information content (AvgIpc) is 3.16. The summed E-state index contributed by atoms with van der Waals surface area (Å²) in [4.78, 5) is 17.8. The van der Waals surface area contributed by atoms with E-state index in [0.29, 0.717) is 11.8 Å². The van der Waals surface area contributed by atoms with Crippen LogP contribution in [0.25, 0.3) is 11.3 Å². The third-order valence-electron chi connectivity index (χ3n) is 6.13. The summed E-state index contributed by atoms with van der Waals surface area (Å²) in [5, 5.41) is 10.1. The van der Waals surface area contributed by atoms with Crippen molar-refractivity contribution < 1.29 is 9.53 Å². The lowest BCUT2D eigenvalue weighted by molar-refractivity contribution is -0.118. The zero-order valence-electron chi connectivity index (χ0n) is 17.2. The molecule has 7 heteroatoms. The number of hydrogen-bond acceptors (Lipinski definition) is 5. The van der Waals surface area contributed by atoms with Crippen LogP contribution < -0.4 is 14.9 Å². The van der Waals surface area contributed by atoms with Crippen LogP contribution in [-0.2, 0) is 4.79 Å². The third-order valence-corrected chi connectivity index (χ3v) is 6.96. The Hall–Kier alpha value is -2.41. The maximum Gasteiger partial charge on any atom is 0.262 e. The molecular weight excluding hydrogens is 396 g/mol. The monoisotopic (exact) mass is 424 g/mol. The number of ether oxygens (including phenoxy) is 1. The van der Waals surface area contributed by atoms with Crippen molar-refractivity contribution in [3.63, 3.8) is 0 Å². The maximum atomic E-state index is 11.8. The van der Waals surface area contributed by atoms with Crippen molar-refractivity contribution in [1.82, 2.24) is 4.68 Å². The van der Waals surface area contributed by atoms with Gasteiger partial charge in [-0.15, -0.1) is 11.3 Å². The Morgan fingerprint density at radius 2 is 1.87 bits per heavy atom. The summed E-state index contributed by atoms with van der Waals surface area (Å²) in [5.41, 5.74) is 4.02. The van der Waals surface area contributed by atoms with Crippen LogP contribution in [0.5, 0.6) is 5.75 Å². The molecule has 1 aromatic carbocycles. The van der Waals surface area contributed by atoms with Gasteiger partial charge in [0.05, 0.1) is 17.4 Å². The summed E-state index contributed by atoms with van der Waals surface area (Å²) >= 11 is 1.66. The van der Waals surface area contributed by atoms with Gasteiger partial charge in [0.1, 0.15) is 5.75 Å². The molecule has 0 atom stereocenters. The summed E-state index contributed by atoms with van der Waals surface area (Å²) in [5.74, 6) is 0.596. The van der Waals surface area contributed by atoms with E-state index in [1.807, 2.05) is 22.9 Å². The molecule has 6 nitrogen and oxygen atoms in total. The predicted octanol–water partition coefficient (Wildman–Crippen LogP) is 4.95. The van der Waals surface area contributed by atoms with Crippen LogP contribution in [0.3, 0.4) is 0 Å². The van der Waals surface area contributed by atoms with Gasteiger partial charge in [0.15, 0.2) is 6.61 Å². The molecule has 1 aliphatic heterocycles. The van der Waals surface area contributed by atoms with E-state index in [1.165, 1.54) is 57.1 Å². The van der Waals surface area contributed by atoms with E-state index in [-0.39, 0.29) is 12.5 Å². The molecule has 5 rings (SSSR count). The highest BCUT2D eigenvalue weighted by Crippen LogP contribution is 2.33. The van der Waals surface area contributed by atoms with Crippen LogP contribution in [-0.4, -0.2) is 28.9 Å². The van der Waals surface area contributed by atoms with Gasteiger partial charge in [0.2, 0.25) is 4.80 Å². The number of rotatable bonds is 3. The van der Waals surface area contributed by atoms with Crippen molar-refractivity contribution in [3.8, 4) is 17.0 Å². The van der Waals surface area contributed by atoms with Crippen molar-refractivity contribution in [3.05, 3.63) is 28.4 Å². The maximum absolute atomic E-state index is 11.8. The fourth-order valence-corrected chi connectivity index (χ4v) is 5.40. The molecule has 2 fully saturated rings. The van der Waals surface area contributed by atoms with Crippen molar-refractivity contribution in [2.24, 2.45) is 10.1 Å². The number of anilines is 1. The van der Waals surface area contributed by atoms with Crippen LogP contribution in [0, 0.1) is 0 Å². The number of amides is 1. The Balaban J connectivity index is 1.57. The molecule has 0 unspecified atom stereocenters. The third kappa shape index (κ3) is 4.21. The standard InChI is InChI=1S/C23H28N4O2S/c28-22-14-29-21-12-11-16(13-19(21)25-22)20-15-30-23(24-17-7-3-1-4-8-17)27(20)26-18-9-5-2-6-10-18/h11-13,15,17H,1-10,14H2,(H,25,28). The molecule has 3 aliphatic rings. The second-order valence-electron chi connectivity index (χ2n) is 8.41. The highest BCUT2D eigenvalue weighted by atomic mass is 32.1. The van der Waals surface area contributed by atoms with Gasteiger partial charge < -0.3 is 10.1 Å². The molecule has 0 bridgehead atoms. The lowest BCUT2D eigenvalue weighted by Crippen LogP contribution is -2.25. The second kappa shape index (κ2) is 8.76. The Kier molecular flexibility index (Phi) is 5.71. The van der Waals surface area contributed by atoms with Gasteiger partial charge in [0, 0.05) is 16.7 Å². The number of benzene rings is 1. The van der Waals surface area contributed by atoms with E-state index in [9.17, 15) is 4.79 Å². The van der Waals surface area contributed by atoms with Gasteiger partial charge in [-0.3, -0.25) is 9.79 Å². The topological polar surface area (TPSA) is 68.0 Å². The molecule has 0 spiro atoms. The minimum atomic E-state index is -0.117. The van der Waals surface area contributed by atoms with E-state index in [2.05, 4.69) is 10.7 Å². The number of aromatic nitrogens is 1. The molecule has 1 aromatic heterocycles. The van der Waals surface area contributed by atoms with Crippen LogP contribution in [0.1, 0.15) is 64.2 Å². The molecule has 2 aromatic rings. The first-order chi connectivity index (χ1) is 14.8. The highest BCUT2D eigenvalue weighted by molar-refractivity contribution is 7.07. The van der Waals surface area contributed by atoms with E-state index >= 15 is 0 Å². The molecule has 2 saturated carbocycles. The Labute approximate surface area is 180 Å². The molecule has 0 saturated heterocycles. The minimum absolute atomic E-state index is 0.0723. The van der Waals surface area contributed by atoms with Gasteiger partial charge in [-0.1, -0.05) is 25.7 Å². The zero-order chi connectivity index (χ0) is 20.3. The largest absolute Gasteiger partial charge is 0.482 e. The number of hydrogen-bond donors (Lipinski definition) is 1. The SMILES string of the molecule is O=C1COc2ccc(-c3csc(=NC4CCCCC4)n3N=C3CCCCC3)cc2N1. The molecule has 0 radical (unpaired) electrons. The predicted molar refractivity (Wildman–Crippen MR) is 120 cm³/mol. The molecule has 30 heavy (non-hydrogen) atoms. The quantitative estimate of drug-likeness (QED) is 0.757. The number of carbonyl (C=O) groups is 1. The Bertz CT molecular complexity index is 1020. The zero-order valence-corrected chi connectivity index (χ0v) is 18.0. The smallest absolute Gasteiger partial charge is 0.262 e. The van der Waals surface area contributed by atoms with Crippen molar-refractivity contribution in [1.29, 1.82) is 0 Å². The molecule has 2 aliphatic carbocycles. The van der Waals surface area contributed by atoms with Gasteiger partial charge in [-0.25, -0.2) is 4.68 Å². The summed E-state index contributed by atoms with van der Waals surface area (Å²) in [7, 11) is 0. The Morgan fingerprint density at radius 3 is 2.70 bits per heavy atom.